The van der Waals surface area contributed by atoms with Gasteiger partial charge < -0.3 is 4.74 Å². The number of rotatable bonds is 4. The molecule has 4 nitrogen and oxygen atoms in total. The minimum Gasteiger partial charge on any atom is -0.466 e. The van der Waals surface area contributed by atoms with E-state index in [1.54, 1.807) is 20.8 Å². The summed E-state index contributed by atoms with van der Waals surface area (Å²) >= 11 is 0. The van der Waals surface area contributed by atoms with Gasteiger partial charge in [-0.1, -0.05) is 0 Å². The van der Waals surface area contributed by atoms with Gasteiger partial charge in [-0.05, 0) is 20.8 Å². The molecule has 0 spiro atoms. The van der Waals surface area contributed by atoms with Gasteiger partial charge >= 0.3 is 5.97 Å². The molecule has 12 heavy (non-hydrogen) atoms. The van der Waals surface area contributed by atoms with Crippen LogP contribution in [-0.2, 0) is 20.2 Å². The van der Waals surface area contributed by atoms with Crippen LogP contribution >= 0.6 is 0 Å². The van der Waals surface area contributed by atoms with Gasteiger partial charge in [-0.2, -0.15) is 0 Å². The number of esters is 1. The average Bonchev–Trinajstić information content (AvgIpc) is 1.85. The fraction of sp³-hybridized carbons (Fsp3) is 0.857. The number of ether oxygens (including phenoxy) is 1. The third kappa shape index (κ3) is 3.71. The first-order valence-corrected chi connectivity index (χ1v) is 5.05. The molecule has 0 radical (unpaired) electrons. The van der Waals surface area contributed by atoms with E-state index in [1.165, 1.54) is 0 Å². The van der Waals surface area contributed by atoms with E-state index in [0.717, 1.165) is 0 Å². The first kappa shape index (κ1) is 11.4. The molecular weight excluding hydrogens is 180 g/mol. The Morgan fingerprint density at radius 3 is 2.25 bits per heavy atom. The largest absolute Gasteiger partial charge is 0.466 e. The molecule has 5 heteroatoms. The first-order chi connectivity index (χ1) is 5.40. The van der Waals surface area contributed by atoms with Crippen molar-refractivity contribution in [3.05, 3.63) is 0 Å². The van der Waals surface area contributed by atoms with Gasteiger partial charge in [-0.15, -0.1) is 0 Å². The molecule has 0 saturated heterocycles. The smallest absolute Gasteiger partial charge is 0.312 e. The standard InChI is InChI=1S/C7H14O4S/c1-4-11-6(8)7(2,3)5-12(9)10/h12H,4-5H2,1-3H3. The van der Waals surface area contributed by atoms with Crippen molar-refractivity contribution >= 4 is 16.7 Å². The van der Waals surface area contributed by atoms with Crippen LogP contribution in [0.1, 0.15) is 20.8 Å². The summed E-state index contributed by atoms with van der Waals surface area (Å²) in [5, 5.41) is 0. The highest BCUT2D eigenvalue weighted by Gasteiger charge is 2.29. The van der Waals surface area contributed by atoms with Crippen LogP contribution in [0, 0.1) is 5.41 Å². The van der Waals surface area contributed by atoms with E-state index in [-0.39, 0.29) is 12.4 Å². The lowest BCUT2D eigenvalue weighted by Gasteiger charge is -2.18. The summed E-state index contributed by atoms with van der Waals surface area (Å²) in [6, 6.07) is 0. The van der Waals surface area contributed by atoms with Crippen LogP contribution in [0.3, 0.4) is 0 Å². The van der Waals surface area contributed by atoms with Gasteiger partial charge in [0.1, 0.15) is 10.7 Å². The van der Waals surface area contributed by atoms with Gasteiger partial charge in [0.25, 0.3) is 0 Å². The molecule has 72 valence electrons. The Morgan fingerprint density at radius 1 is 1.42 bits per heavy atom. The highest BCUT2D eigenvalue weighted by Crippen LogP contribution is 2.17. The molecule has 0 atom stereocenters. The maximum atomic E-state index is 11.1. The minimum absolute atomic E-state index is 0.166. The van der Waals surface area contributed by atoms with Crippen molar-refractivity contribution in [1.29, 1.82) is 0 Å². The van der Waals surface area contributed by atoms with Crippen molar-refractivity contribution < 1.29 is 17.9 Å². The fourth-order valence-electron chi connectivity index (χ4n) is 0.714. The molecule has 0 bridgehead atoms. The highest BCUT2D eigenvalue weighted by molar-refractivity contribution is 7.72. The van der Waals surface area contributed by atoms with Crippen LogP contribution in [0.5, 0.6) is 0 Å². The third-order valence-corrected chi connectivity index (χ3v) is 2.40. The second kappa shape index (κ2) is 4.45. The van der Waals surface area contributed by atoms with E-state index in [0.29, 0.717) is 0 Å². The van der Waals surface area contributed by atoms with Crippen molar-refractivity contribution in [2.75, 3.05) is 12.4 Å². The fourth-order valence-corrected chi connectivity index (χ4v) is 1.49. The Labute approximate surface area is 73.9 Å². The van der Waals surface area contributed by atoms with E-state index in [4.69, 9.17) is 4.74 Å². The molecule has 0 aromatic carbocycles. The molecule has 0 aromatic rings. The summed E-state index contributed by atoms with van der Waals surface area (Å²) in [5.74, 6) is -0.634. The van der Waals surface area contributed by atoms with Gasteiger partial charge in [0.2, 0.25) is 0 Å². The molecule has 0 amide bonds. The number of hydrogen-bond acceptors (Lipinski definition) is 4. The van der Waals surface area contributed by atoms with Crippen LogP contribution in [0.2, 0.25) is 0 Å². The third-order valence-electron chi connectivity index (χ3n) is 1.35. The Morgan fingerprint density at radius 2 is 1.92 bits per heavy atom. The van der Waals surface area contributed by atoms with Crippen molar-refractivity contribution in [3.8, 4) is 0 Å². The average molecular weight is 194 g/mol. The Kier molecular flexibility index (Phi) is 4.23. The quantitative estimate of drug-likeness (QED) is 0.512. The number of carbonyl (C=O) groups excluding carboxylic acids is 1. The van der Waals surface area contributed by atoms with Gasteiger partial charge in [0.05, 0.1) is 17.8 Å². The van der Waals surface area contributed by atoms with Crippen LogP contribution in [0.15, 0.2) is 0 Å². The molecule has 0 aliphatic rings. The lowest BCUT2D eigenvalue weighted by Crippen LogP contribution is -2.30. The van der Waals surface area contributed by atoms with Crippen molar-refractivity contribution in [1.82, 2.24) is 0 Å². The number of carbonyl (C=O) groups is 1. The molecule has 0 aliphatic carbocycles. The molecule has 0 N–H and O–H groups in total. The maximum Gasteiger partial charge on any atom is 0.312 e. The topological polar surface area (TPSA) is 60.4 Å². The Hall–Kier alpha value is -0.580. The SMILES string of the molecule is CCOC(=O)C(C)(C)C[SH](=O)=O. The zero-order valence-electron chi connectivity index (χ0n) is 7.49. The first-order valence-electron chi connectivity index (χ1n) is 3.69. The zero-order chi connectivity index (χ0) is 9.78. The molecule has 0 fully saturated rings. The summed E-state index contributed by atoms with van der Waals surface area (Å²) < 4.78 is 25.4. The second-order valence-electron chi connectivity index (χ2n) is 3.10. The normalized spacial score (nSPS) is 11.7. The van der Waals surface area contributed by atoms with E-state index in [2.05, 4.69) is 0 Å². The number of hydrogen-bond donors (Lipinski definition) is 1. The summed E-state index contributed by atoms with van der Waals surface area (Å²) in [6.45, 7) is 5.06. The van der Waals surface area contributed by atoms with Gasteiger partial charge in [0.15, 0.2) is 0 Å². The summed E-state index contributed by atoms with van der Waals surface area (Å²) in [4.78, 5) is 11.1. The van der Waals surface area contributed by atoms with Crippen molar-refractivity contribution in [3.63, 3.8) is 0 Å². The molecule has 0 saturated carbocycles. The summed E-state index contributed by atoms with van der Waals surface area (Å²) in [6.07, 6.45) is 0. The zero-order valence-corrected chi connectivity index (χ0v) is 8.39. The molecule has 0 aromatic heterocycles. The highest BCUT2D eigenvalue weighted by atomic mass is 32.2. The van der Waals surface area contributed by atoms with E-state index in [1.807, 2.05) is 0 Å². The molecule has 0 heterocycles. The lowest BCUT2D eigenvalue weighted by atomic mass is 9.97. The second-order valence-corrected chi connectivity index (χ2v) is 4.08. The molecule has 0 rings (SSSR count). The van der Waals surface area contributed by atoms with E-state index >= 15 is 0 Å². The van der Waals surface area contributed by atoms with Gasteiger partial charge in [-0.25, -0.2) is 8.42 Å². The van der Waals surface area contributed by atoms with Gasteiger partial charge in [0, 0.05) is 0 Å². The van der Waals surface area contributed by atoms with Crippen molar-refractivity contribution in [2.24, 2.45) is 5.41 Å². The van der Waals surface area contributed by atoms with E-state index < -0.39 is 22.1 Å². The lowest BCUT2D eigenvalue weighted by molar-refractivity contribution is -0.152. The molecule has 0 aliphatic heterocycles. The van der Waals surface area contributed by atoms with Crippen LogP contribution < -0.4 is 0 Å². The molecular formula is C7H14O4S. The van der Waals surface area contributed by atoms with E-state index in [9.17, 15) is 13.2 Å². The monoisotopic (exact) mass is 194 g/mol. The minimum atomic E-state index is -2.53. The predicted molar refractivity (Wildman–Crippen MR) is 45.6 cm³/mol. The van der Waals surface area contributed by atoms with Crippen molar-refractivity contribution in [2.45, 2.75) is 20.8 Å². The van der Waals surface area contributed by atoms with Crippen LogP contribution in [0.4, 0.5) is 0 Å². The summed E-state index contributed by atoms with van der Waals surface area (Å²) in [5.41, 5.74) is -0.925. The van der Waals surface area contributed by atoms with Crippen LogP contribution in [0.25, 0.3) is 0 Å². The summed E-state index contributed by atoms with van der Waals surface area (Å²) in [7, 11) is -2.53. The predicted octanol–water partition coefficient (Wildman–Crippen LogP) is 0.187. The maximum absolute atomic E-state index is 11.1. The Bertz CT molecular complexity index is 222. The number of thiol groups is 1. The molecule has 0 unspecified atom stereocenters. The van der Waals surface area contributed by atoms with Crippen LogP contribution in [-0.4, -0.2) is 26.7 Å². The Balaban J connectivity index is 4.28. The van der Waals surface area contributed by atoms with Gasteiger partial charge in [-0.3, -0.25) is 4.79 Å².